The maximum atomic E-state index is 13.8. The lowest BCUT2D eigenvalue weighted by atomic mass is 9.98. The third-order valence-electron chi connectivity index (χ3n) is 2.83. The number of nitrogens with one attached hydrogen (secondary N) is 1. The molecule has 0 amide bonds. The Balaban J connectivity index is 2.52. The van der Waals surface area contributed by atoms with Crippen molar-refractivity contribution < 1.29 is 8.78 Å². The second kappa shape index (κ2) is 5.87. The summed E-state index contributed by atoms with van der Waals surface area (Å²) < 4.78 is 27.1. The van der Waals surface area contributed by atoms with Gasteiger partial charge in [0.05, 0.1) is 6.04 Å². The van der Waals surface area contributed by atoms with Crippen LogP contribution in [-0.2, 0) is 0 Å². The van der Waals surface area contributed by atoms with Crippen LogP contribution in [-0.4, -0.2) is 7.05 Å². The lowest BCUT2D eigenvalue weighted by Gasteiger charge is -2.19. The molecular weight excluding hydrogens is 291 g/mol. The van der Waals surface area contributed by atoms with E-state index in [9.17, 15) is 8.78 Å². The van der Waals surface area contributed by atoms with Crippen molar-refractivity contribution in [1.82, 2.24) is 5.32 Å². The summed E-state index contributed by atoms with van der Waals surface area (Å²) >= 11 is 11.9. The molecule has 19 heavy (non-hydrogen) atoms. The van der Waals surface area contributed by atoms with Crippen molar-refractivity contribution in [3.05, 3.63) is 69.2 Å². The van der Waals surface area contributed by atoms with Crippen molar-refractivity contribution in [2.75, 3.05) is 7.05 Å². The number of benzene rings is 2. The Morgan fingerprint density at radius 1 is 1.00 bits per heavy atom. The van der Waals surface area contributed by atoms with Gasteiger partial charge in [0.15, 0.2) is 0 Å². The maximum absolute atomic E-state index is 13.8. The Kier molecular flexibility index (Phi) is 4.40. The minimum atomic E-state index is -0.541. The first-order chi connectivity index (χ1) is 9.02. The average Bonchev–Trinajstić information content (AvgIpc) is 2.36. The van der Waals surface area contributed by atoms with Gasteiger partial charge in [-0.3, -0.25) is 0 Å². The standard InChI is InChI=1S/C14H11Cl2F2N/c1-19-14(10-4-2-8(15)6-12(10)16)11-7-9(17)3-5-13(11)18/h2-7,14,19H,1H3. The number of rotatable bonds is 3. The van der Waals surface area contributed by atoms with E-state index in [1.165, 1.54) is 0 Å². The normalized spacial score (nSPS) is 12.5. The van der Waals surface area contributed by atoms with Crippen molar-refractivity contribution in [2.24, 2.45) is 0 Å². The third kappa shape index (κ3) is 3.06. The first-order valence-electron chi connectivity index (χ1n) is 5.60. The van der Waals surface area contributed by atoms with E-state index in [2.05, 4.69) is 5.32 Å². The first kappa shape index (κ1) is 14.3. The molecule has 1 N–H and O–H groups in total. The lowest BCUT2D eigenvalue weighted by molar-refractivity contribution is 0.558. The number of halogens is 4. The van der Waals surface area contributed by atoms with Crippen LogP contribution in [0.1, 0.15) is 17.2 Å². The Labute approximate surface area is 120 Å². The fraction of sp³-hybridized carbons (Fsp3) is 0.143. The van der Waals surface area contributed by atoms with Crippen LogP contribution >= 0.6 is 23.2 Å². The Morgan fingerprint density at radius 2 is 1.74 bits per heavy atom. The van der Waals surface area contributed by atoms with Gasteiger partial charge in [-0.1, -0.05) is 29.3 Å². The molecule has 0 spiro atoms. The second-order valence-electron chi connectivity index (χ2n) is 4.05. The van der Waals surface area contributed by atoms with Gasteiger partial charge in [0.25, 0.3) is 0 Å². The molecule has 0 saturated carbocycles. The van der Waals surface area contributed by atoms with Gasteiger partial charge in [-0.15, -0.1) is 0 Å². The van der Waals surface area contributed by atoms with E-state index in [0.29, 0.717) is 15.6 Å². The maximum Gasteiger partial charge on any atom is 0.128 e. The molecule has 2 aromatic rings. The van der Waals surface area contributed by atoms with Crippen LogP contribution in [0.4, 0.5) is 8.78 Å². The quantitative estimate of drug-likeness (QED) is 0.875. The van der Waals surface area contributed by atoms with Crippen molar-refractivity contribution in [1.29, 1.82) is 0 Å². The Morgan fingerprint density at radius 3 is 2.37 bits per heavy atom. The fourth-order valence-electron chi connectivity index (χ4n) is 1.95. The monoisotopic (exact) mass is 301 g/mol. The Bertz CT molecular complexity index is 602. The molecule has 0 heterocycles. The highest BCUT2D eigenvalue weighted by atomic mass is 35.5. The molecule has 0 bridgehead atoms. The van der Waals surface area contributed by atoms with E-state index in [4.69, 9.17) is 23.2 Å². The third-order valence-corrected chi connectivity index (χ3v) is 3.39. The predicted octanol–water partition coefficient (Wildman–Crippen LogP) is 4.58. The summed E-state index contributed by atoms with van der Waals surface area (Å²) in [5.74, 6) is -0.992. The smallest absolute Gasteiger partial charge is 0.128 e. The van der Waals surface area contributed by atoms with Gasteiger partial charge >= 0.3 is 0 Å². The lowest BCUT2D eigenvalue weighted by Crippen LogP contribution is -2.19. The van der Waals surface area contributed by atoms with Crippen molar-refractivity contribution in [3.8, 4) is 0 Å². The van der Waals surface area contributed by atoms with Crippen molar-refractivity contribution in [3.63, 3.8) is 0 Å². The molecule has 1 unspecified atom stereocenters. The highest BCUT2D eigenvalue weighted by Crippen LogP contribution is 2.31. The summed E-state index contributed by atoms with van der Waals surface area (Å²) in [6.45, 7) is 0. The molecule has 100 valence electrons. The van der Waals surface area contributed by atoms with Crippen molar-refractivity contribution in [2.45, 2.75) is 6.04 Å². The molecule has 1 atom stereocenters. The highest BCUT2D eigenvalue weighted by Gasteiger charge is 2.19. The van der Waals surface area contributed by atoms with Gasteiger partial charge in [-0.25, -0.2) is 8.78 Å². The molecule has 0 aliphatic rings. The number of hydrogen-bond donors (Lipinski definition) is 1. The van der Waals surface area contributed by atoms with Crippen LogP contribution in [0.15, 0.2) is 36.4 Å². The van der Waals surface area contributed by atoms with E-state index in [1.54, 1.807) is 25.2 Å². The van der Waals surface area contributed by atoms with E-state index >= 15 is 0 Å². The van der Waals surface area contributed by atoms with E-state index in [-0.39, 0.29) is 5.56 Å². The summed E-state index contributed by atoms with van der Waals surface area (Å²) in [5.41, 5.74) is 0.838. The fourth-order valence-corrected chi connectivity index (χ4v) is 2.47. The molecule has 5 heteroatoms. The molecular formula is C14H11Cl2F2N. The zero-order valence-electron chi connectivity index (χ0n) is 10.1. The zero-order valence-corrected chi connectivity index (χ0v) is 11.6. The van der Waals surface area contributed by atoms with E-state index in [1.807, 2.05) is 0 Å². The van der Waals surface area contributed by atoms with Crippen LogP contribution in [0.5, 0.6) is 0 Å². The van der Waals surface area contributed by atoms with Gasteiger partial charge in [-0.05, 0) is 42.9 Å². The van der Waals surface area contributed by atoms with Gasteiger partial charge in [0, 0.05) is 15.6 Å². The van der Waals surface area contributed by atoms with E-state index < -0.39 is 17.7 Å². The van der Waals surface area contributed by atoms with Gasteiger partial charge in [-0.2, -0.15) is 0 Å². The SMILES string of the molecule is CNC(c1cc(F)ccc1F)c1ccc(Cl)cc1Cl. The van der Waals surface area contributed by atoms with Crippen LogP contribution in [0.3, 0.4) is 0 Å². The largest absolute Gasteiger partial charge is 0.309 e. The molecule has 2 aromatic carbocycles. The Hall–Kier alpha value is -1.16. The summed E-state index contributed by atoms with van der Waals surface area (Å²) in [6, 6.07) is 7.70. The molecule has 0 aliphatic carbocycles. The van der Waals surface area contributed by atoms with Crippen LogP contribution in [0.25, 0.3) is 0 Å². The van der Waals surface area contributed by atoms with Crippen LogP contribution < -0.4 is 5.32 Å². The summed E-state index contributed by atoms with van der Waals surface area (Å²) in [4.78, 5) is 0. The minimum Gasteiger partial charge on any atom is -0.309 e. The van der Waals surface area contributed by atoms with Crippen LogP contribution in [0.2, 0.25) is 10.0 Å². The molecule has 0 aliphatic heterocycles. The zero-order chi connectivity index (χ0) is 14.0. The highest BCUT2D eigenvalue weighted by molar-refractivity contribution is 6.35. The molecule has 2 rings (SSSR count). The van der Waals surface area contributed by atoms with Gasteiger partial charge in [0.1, 0.15) is 11.6 Å². The summed E-state index contributed by atoms with van der Waals surface area (Å²) in [7, 11) is 1.65. The van der Waals surface area contributed by atoms with Gasteiger partial charge < -0.3 is 5.32 Å². The van der Waals surface area contributed by atoms with Gasteiger partial charge in [0.2, 0.25) is 0 Å². The van der Waals surface area contributed by atoms with Crippen LogP contribution in [0, 0.1) is 11.6 Å². The second-order valence-corrected chi connectivity index (χ2v) is 4.90. The topological polar surface area (TPSA) is 12.0 Å². The predicted molar refractivity (Wildman–Crippen MR) is 73.7 cm³/mol. The minimum absolute atomic E-state index is 0.201. The summed E-state index contributed by atoms with van der Waals surface area (Å²) in [5, 5.41) is 3.82. The molecule has 0 fully saturated rings. The molecule has 0 saturated heterocycles. The van der Waals surface area contributed by atoms with Crippen molar-refractivity contribution >= 4 is 23.2 Å². The first-order valence-corrected chi connectivity index (χ1v) is 6.35. The average molecular weight is 302 g/mol. The summed E-state index contributed by atoms with van der Waals surface area (Å²) in [6.07, 6.45) is 0. The molecule has 1 nitrogen and oxygen atoms in total. The van der Waals surface area contributed by atoms with E-state index in [0.717, 1.165) is 18.2 Å². The molecule has 0 aromatic heterocycles. The number of hydrogen-bond acceptors (Lipinski definition) is 1. The molecule has 0 radical (unpaired) electrons.